The van der Waals surface area contributed by atoms with E-state index in [1.165, 1.54) is 6.82 Å². The Bertz CT molecular complexity index is 698. The summed E-state index contributed by atoms with van der Waals surface area (Å²) >= 11 is 0. The molecule has 1 fully saturated rings. The summed E-state index contributed by atoms with van der Waals surface area (Å²) in [5, 5.41) is 35.3. The van der Waals surface area contributed by atoms with Gasteiger partial charge in [0.1, 0.15) is 24.4 Å². The number of hydrogen-bond acceptors (Lipinski definition) is 7. The fourth-order valence-electron chi connectivity index (χ4n) is 3.21. The summed E-state index contributed by atoms with van der Waals surface area (Å²) < 4.78 is 17.8. The third kappa shape index (κ3) is 7.81. The molecule has 0 aliphatic carbocycles. The molecule has 0 spiro atoms. The zero-order valence-electron chi connectivity index (χ0n) is 17.4. The minimum atomic E-state index is -1.17. The van der Waals surface area contributed by atoms with Gasteiger partial charge in [-0.25, -0.2) is 0 Å². The van der Waals surface area contributed by atoms with E-state index in [0.717, 1.165) is 11.1 Å². The van der Waals surface area contributed by atoms with E-state index < -0.39 is 31.5 Å². The fraction of sp³-hybridized carbons (Fsp3) is 0.455. The molecule has 1 saturated heterocycles. The molecule has 164 valence electrons. The van der Waals surface area contributed by atoms with Crippen molar-refractivity contribution < 1.29 is 34.5 Å². The first kappa shape index (κ1) is 24.5. The van der Waals surface area contributed by atoms with Crippen LogP contribution in [0.3, 0.4) is 0 Å². The quantitative estimate of drug-likeness (QED) is 0.503. The predicted octanol–water partition coefficient (Wildman–Crippen LogP) is 1.39. The monoisotopic (exact) mass is 418 g/mol. The van der Waals surface area contributed by atoms with Crippen molar-refractivity contribution in [3.8, 4) is 0 Å². The Morgan fingerprint density at radius 2 is 1.30 bits per heavy atom. The van der Waals surface area contributed by atoms with E-state index in [2.05, 4.69) is 0 Å². The number of rotatable bonds is 7. The van der Waals surface area contributed by atoms with Crippen molar-refractivity contribution in [2.24, 2.45) is 0 Å². The summed E-state index contributed by atoms with van der Waals surface area (Å²) in [7, 11) is -1.17. The second kappa shape index (κ2) is 12.8. The molecular formula is C22H31BO7. The Morgan fingerprint density at radius 1 is 0.867 bits per heavy atom. The normalized spacial score (nSPS) is 25.9. The van der Waals surface area contributed by atoms with E-state index in [1.54, 1.807) is 0 Å². The van der Waals surface area contributed by atoms with Crippen LogP contribution in [0.5, 0.6) is 0 Å². The smallest absolute Gasteiger partial charge is 0.427 e. The predicted molar refractivity (Wildman–Crippen MR) is 114 cm³/mol. The lowest BCUT2D eigenvalue weighted by Gasteiger charge is -2.43. The minimum absolute atomic E-state index is 0.262. The summed E-state index contributed by atoms with van der Waals surface area (Å²) in [4.78, 5) is 0. The van der Waals surface area contributed by atoms with Gasteiger partial charge in [0.2, 0.25) is 0 Å². The van der Waals surface area contributed by atoms with Crippen molar-refractivity contribution in [2.75, 3.05) is 6.61 Å². The van der Waals surface area contributed by atoms with Gasteiger partial charge in [0, 0.05) is 0 Å². The van der Waals surface area contributed by atoms with Crippen molar-refractivity contribution in [3.05, 3.63) is 71.8 Å². The molecule has 0 radical (unpaired) electrons. The Morgan fingerprint density at radius 3 is 1.73 bits per heavy atom. The topological polar surface area (TPSA) is 109 Å². The Labute approximate surface area is 178 Å². The van der Waals surface area contributed by atoms with Crippen molar-refractivity contribution >= 4 is 7.12 Å². The van der Waals surface area contributed by atoms with E-state index in [-0.39, 0.29) is 12.7 Å². The van der Waals surface area contributed by atoms with Crippen LogP contribution in [0.4, 0.5) is 0 Å². The molecule has 0 amide bonds. The van der Waals surface area contributed by atoms with Crippen molar-refractivity contribution in [3.63, 3.8) is 0 Å². The van der Waals surface area contributed by atoms with Crippen LogP contribution in [0.2, 0.25) is 6.82 Å². The first-order valence-electron chi connectivity index (χ1n) is 10.0. The van der Waals surface area contributed by atoms with E-state index in [0.29, 0.717) is 13.2 Å². The molecule has 0 aromatic heterocycles. The van der Waals surface area contributed by atoms with Gasteiger partial charge in [0.25, 0.3) is 0 Å². The third-order valence-electron chi connectivity index (χ3n) is 4.64. The molecule has 1 aliphatic rings. The minimum Gasteiger partial charge on any atom is -0.427 e. The largest absolute Gasteiger partial charge is 0.448 e. The molecule has 30 heavy (non-hydrogen) atoms. The van der Waals surface area contributed by atoms with Crippen LogP contribution in [0.25, 0.3) is 0 Å². The van der Waals surface area contributed by atoms with Gasteiger partial charge in [0.15, 0.2) is 0 Å². The molecule has 4 N–H and O–H groups in total. The lowest BCUT2D eigenvalue weighted by atomic mass is 9.95. The average Bonchev–Trinajstić information content (AvgIpc) is 2.74. The summed E-state index contributed by atoms with van der Waals surface area (Å²) in [6.07, 6.45) is -2.96. The van der Waals surface area contributed by atoms with Crippen LogP contribution in [-0.2, 0) is 27.4 Å². The van der Waals surface area contributed by atoms with Crippen LogP contribution in [0.15, 0.2) is 60.7 Å². The molecule has 2 aromatic carbocycles. The fourth-order valence-corrected chi connectivity index (χ4v) is 3.21. The van der Waals surface area contributed by atoms with Crippen molar-refractivity contribution in [1.29, 1.82) is 0 Å². The van der Waals surface area contributed by atoms with Crippen LogP contribution in [0, 0.1) is 0 Å². The molecule has 3 rings (SSSR count). The second-order valence-electron chi connectivity index (χ2n) is 7.21. The highest BCUT2D eigenvalue weighted by Crippen LogP contribution is 2.27. The van der Waals surface area contributed by atoms with E-state index in [1.807, 2.05) is 67.6 Å². The van der Waals surface area contributed by atoms with Crippen LogP contribution in [-0.4, -0.2) is 64.5 Å². The van der Waals surface area contributed by atoms with Gasteiger partial charge in [-0.05, 0) is 24.9 Å². The molecule has 0 saturated carbocycles. The molecule has 7 nitrogen and oxygen atoms in total. The highest BCUT2D eigenvalue weighted by molar-refractivity contribution is 6.38. The molecule has 2 unspecified atom stereocenters. The lowest BCUT2D eigenvalue weighted by molar-refractivity contribution is -0.253. The molecule has 8 heteroatoms. The summed E-state index contributed by atoms with van der Waals surface area (Å²) in [5.74, 6) is 0. The van der Waals surface area contributed by atoms with Gasteiger partial charge in [0.05, 0.1) is 25.9 Å². The van der Waals surface area contributed by atoms with Gasteiger partial charge < -0.3 is 34.5 Å². The molecule has 5 atom stereocenters. The SMILES string of the molecule is CB(O)O.C[C@@H]1OC(CO)[C@@H](O)[C@@H](OCc2ccccc2)C1OCc1ccccc1. The number of aliphatic hydroxyl groups is 2. The van der Waals surface area contributed by atoms with Crippen molar-refractivity contribution in [2.45, 2.75) is 57.5 Å². The van der Waals surface area contributed by atoms with E-state index in [4.69, 9.17) is 24.3 Å². The van der Waals surface area contributed by atoms with E-state index >= 15 is 0 Å². The average molecular weight is 418 g/mol. The van der Waals surface area contributed by atoms with Crippen LogP contribution in [0.1, 0.15) is 18.1 Å². The zero-order chi connectivity index (χ0) is 21.9. The van der Waals surface area contributed by atoms with Crippen LogP contribution < -0.4 is 0 Å². The van der Waals surface area contributed by atoms with Gasteiger partial charge >= 0.3 is 7.12 Å². The number of aliphatic hydroxyl groups excluding tert-OH is 2. The van der Waals surface area contributed by atoms with Crippen molar-refractivity contribution in [1.82, 2.24) is 0 Å². The third-order valence-corrected chi connectivity index (χ3v) is 4.64. The van der Waals surface area contributed by atoms with Gasteiger partial charge in [-0.1, -0.05) is 60.7 Å². The highest BCUT2D eigenvalue weighted by atomic mass is 16.6. The Hall–Kier alpha value is -1.78. The molecular weight excluding hydrogens is 387 g/mol. The first-order valence-corrected chi connectivity index (χ1v) is 10.0. The first-order chi connectivity index (χ1) is 14.4. The Balaban J connectivity index is 0.000000735. The maximum Gasteiger partial charge on any atom is 0.448 e. The van der Waals surface area contributed by atoms with Gasteiger partial charge in [-0.3, -0.25) is 0 Å². The number of ether oxygens (including phenoxy) is 3. The Kier molecular flexibility index (Phi) is 10.5. The number of hydrogen-bond donors (Lipinski definition) is 4. The second-order valence-corrected chi connectivity index (χ2v) is 7.21. The molecule has 2 aromatic rings. The number of benzene rings is 2. The highest BCUT2D eigenvalue weighted by Gasteiger charge is 2.44. The van der Waals surface area contributed by atoms with E-state index in [9.17, 15) is 10.2 Å². The van der Waals surface area contributed by atoms with Gasteiger partial charge in [-0.2, -0.15) is 0 Å². The molecule has 1 heterocycles. The lowest BCUT2D eigenvalue weighted by Crippen LogP contribution is -2.59. The molecule has 1 aliphatic heterocycles. The zero-order valence-corrected chi connectivity index (χ0v) is 17.4. The van der Waals surface area contributed by atoms with Gasteiger partial charge in [-0.15, -0.1) is 0 Å². The summed E-state index contributed by atoms with van der Waals surface area (Å²) in [6, 6.07) is 19.6. The van der Waals surface area contributed by atoms with Crippen LogP contribution >= 0.6 is 0 Å². The summed E-state index contributed by atoms with van der Waals surface area (Å²) in [6.45, 7) is 3.66. The summed E-state index contributed by atoms with van der Waals surface area (Å²) in [5.41, 5.74) is 2.06. The maximum atomic E-state index is 10.6. The standard InChI is InChI=1S/C21H26O5.CH5BO2/c1-15-20(24-13-16-8-4-2-5-9-16)21(19(23)18(12-22)26-15)25-14-17-10-6-3-7-11-17;1-2(3)4/h2-11,15,18-23H,12-14H2,1H3;3-4H,1H3/t15-,18?,19+,20?,21+;/m0./s1. The molecule has 0 bridgehead atoms. The maximum absolute atomic E-state index is 10.6.